The van der Waals surface area contributed by atoms with E-state index in [1.807, 2.05) is 19.1 Å². The molecule has 1 aliphatic heterocycles. The molecule has 0 aliphatic carbocycles. The van der Waals surface area contributed by atoms with Gasteiger partial charge in [0, 0.05) is 24.0 Å². The summed E-state index contributed by atoms with van der Waals surface area (Å²) in [6.07, 6.45) is 5.29. The van der Waals surface area contributed by atoms with Crippen molar-refractivity contribution in [2.24, 2.45) is 5.10 Å². The van der Waals surface area contributed by atoms with Gasteiger partial charge >= 0.3 is 0 Å². The number of hydrogen-bond donors (Lipinski definition) is 3. The maximum atomic E-state index is 11.6. The van der Waals surface area contributed by atoms with E-state index < -0.39 is 0 Å². The number of nitrogen functional groups attached to an aromatic ring is 1. The van der Waals surface area contributed by atoms with Gasteiger partial charge in [-0.05, 0) is 37.3 Å². The Morgan fingerprint density at radius 3 is 3.04 bits per heavy atom. The Balaban J connectivity index is 1.98. The second-order valence-corrected chi connectivity index (χ2v) is 5.76. The lowest BCUT2D eigenvalue weighted by Gasteiger charge is -2.24. The average molecular weight is 352 g/mol. The fraction of sp³-hybridized carbons (Fsp3) is 0.222. The predicted octanol–water partition coefficient (Wildman–Crippen LogP) is 1.14. The van der Waals surface area contributed by atoms with Crippen molar-refractivity contribution in [1.29, 1.82) is 0 Å². The lowest BCUT2D eigenvalue weighted by Crippen LogP contribution is -2.45. The number of phenols is 1. The van der Waals surface area contributed by atoms with Crippen molar-refractivity contribution in [3.63, 3.8) is 0 Å². The number of allylic oxidation sites excluding steroid dienone is 2. The second-order valence-electron chi connectivity index (χ2n) is 5.76. The molecule has 1 saturated heterocycles. The Bertz CT molecular complexity index is 878. The molecular formula is C18H20N6O2. The number of amides is 1. The Labute approximate surface area is 151 Å². The first-order chi connectivity index (χ1) is 12.6. The molecular weight excluding hydrogens is 332 g/mol. The molecule has 0 atom stereocenters. The molecule has 3 rings (SSSR count). The summed E-state index contributed by atoms with van der Waals surface area (Å²) in [5.74, 6) is 0.421. The average Bonchev–Trinajstić information content (AvgIpc) is 2.63. The molecule has 134 valence electrons. The largest absolute Gasteiger partial charge is 0.508 e. The topological polar surface area (TPSA) is 117 Å². The minimum atomic E-state index is -0.0595. The molecule has 1 aromatic carbocycles. The summed E-state index contributed by atoms with van der Waals surface area (Å²) in [6, 6.07) is 6.38. The van der Waals surface area contributed by atoms with Gasteiger partial charge in [-0.3, -0.25) is 9.80 Å². The number of phenolic OH excluding ortho intramolecular Hbond substituents is 1. The minimum Gasteiger partial charge on any atom is -0.508 e. The highest BCUT2D eigenvalue weighted by Crippen LogP contribution is 2.26. The number of nitrogens with two attached hydrogens (primary N) is 1. The molecule has 8 heteroatoms. The van der Waals surface area contributed by atoms with Crippen LogP contribution in [0.2, 0.25) is 0 Å². The van der Waals surface area contributed by atoms with Crippen LogP contribution in [0.15, 0.2) is 47.7 Å². The number of aromatic hydroxyl groups is 1. The minimum absolute atomic E-state index is 0.0595. The Kier molecular flexibility index (Phi) is 5.12. The van der Waals surface area contributed by atoms with E-state index in [0.717, 1.165) is 0 Å². The van der Waals surface area contributed by atoms with E-state index in [1.54, 1.807) is 23.3 Å². The van der Waals surface area contributed by atoms with Gasteiger partial charge in [-0.2, -0.15) is 5.10 Å². The number of piperazine rings is 1. The fourth-order valence-electron chi connectivity index (χ4n) is 2.56. The number of nitrogens with zero attached hydrogens (tertiary/aromatic N) is 4. The summed E-state index contributed by atoms with van der Waals surface area (Å²) in [4.78, 5) is 20.3. The van der Waals surface area contributed by atoms with Gasteiger partial charge in [-0.25, -0.2) is 9.97 Å². The SMILES string of the molecule is CC=C/C(=N\N1CCNC(=O)C1)c1ccnc(-c2cc(O)ccc2N)n1. The molecule has 8 nitrogen and oxygen atoms in total. The summed E-state index contributed by atoms with van der Waals surface area (Å²) in [6.45, 7) is 3.27. The molecule has 0 spiro atoms. The number of rotatable bonds is 4. The molecule has 0 bridgehead atoms. The lowest BCUT2D eigenvalue weighted by molar-refractivity contribution is -0.124. The maximum Gasteiger partial charge on any atom is 0.241 e. The Morgan fingerprint density at radius 2 is 2.27 bits per heavy atom. The Morgan fingerprint density at radius 1 is 1.42 bits per heavy atom. The number of aromatic nitrogens is 2. The highest BCUT2D eigenvalue weighted by atomic mass is 16.3. The standard InChI is InChI=1S/C18H20N6O2/c1-2-3-16(23-24-9-8-20-17(26)11-24)15-6-7-21-18(22-15)13-10-12(25)4-5-14(13)19/h2-7,10,25H,8-9,11,19H2,1H3,(H,20,26)/b3-2?,23-16+. The summed E-state index contributed by atoms with van der Waals surface area (Å²) in [7, 11) is 0. The lowest BCUT2D eigenvalue weighted by atomic mass is 10.1. The third-order valence-corrected chi connectivity index (χ3v) is 3.79. The zero-order valence-corrected chi connectivity index (χ0v) is 14.4. The third kappa shape index (κ3) is 3.97. The van der Waals surface area contributed by atoms with Crippen LogP contribution >= 0.6 is 0 Å². The van der Waals surface area contributed by atoms with E-state index in [4.69, 9.17) is 5.73 Å². The van der Waals surface area contributed by atoms with Gasteiger partial charge in [0.1, 0.15) is 18.0 Å². The molecule has 1 amide bonds. The van der Waals surface area contributed by atoms with Crippen LogP contribution in [-0.4, -0.2) is 51.3 Å². The van der Waals surface area contributed by atoms with Crippen molar-refractivity contribution < 1.29 is 9.90 Å². The molecule has 1 fully saturated rings. The van der Waals surface area contributed by atoms with E-state index in [9.17, 15) is 9.90 Å². The maximum absolute atomic E-state index is 11.6. The normalized spacial score (nSPS) is 15.3. The van der Waals surface area contributed by atoms with Crippen molar-refractivity contribution in [3.8, 4) is 17.1 Å². The van der Waals surface area contributed by atoms with Crippen LogP contribution in [0.1, 0.15) is 12.6 Å². The molecule has 2 aromatic rings. The molecule has 2 heterocycles. The number of carbonyl (C=O) groups excluding carboxylic acids is 1. The first-order valence-corrected chi connectivity index (χ1v) is 8.22. The van der Waals surface area contributed by atoms with Crippen molar-refractivity contribution in [2.45, 2.75) is 6.92 Å². The molecule has 4 N–H and O–H groups in total. The van der Waals surface area contributed by atoms with Crippen molar-refractivity contribution >= 4 is 17.3 Å². The van der Waals surface area contributed by atoms with Gasteiger partial charge in [-0.1, -0.05) is 6.08 Å². The number of anilines is 1. The van der Waals surface area contributed by atoms with Gasteiger partial charge in [0.15, 0.2) is 5.82 Å². The van der Waals surface area contributed by atoms with Crippen LogP contribution in [0.5, 0.6) is 5.75 Å². The van der Waals surface area contributed by atoms with E-state index in [-0.39, 0.29) is 18.2 Å². The second kappa shape index (κ2) is 7.64. The van der Waals surface area contributed by atoms with Gasteiger partial charge in [0.05, 0.1) is 12.2 Å². The summed E-state index contributed by atoms with van der Waals surface area (Å²) >= 11 is 0. The summed E-state index contributed by atoms with van der Waals surface area (Å²) in [5, 5.41) is 18.7. The van der Waals surface area contributed by atoms with E-state index in [0.29, 0.717) is 41.6 Å². The van der Waals surface area contributed by atoms with Crippen molar-refractivity contribution in [1.82, 2.24) is 20.3 Å². The number of hydrazone groups is 1. The van der Waals surface area contributed by atoms with Crippen LogP contribution in [0, 0.1) is 0 Å². The van der Waals surface area contributed by atoms with Crippen molar-refractivity contribution in [2.75, 3.05) is 25.4 Å². The quantitative estimate of drug-likeness (QED) is 0.432. The van der Waals surface area contributed by atoms with Gasteiger partial charge < -0.3 is 16.2 Å². The van der Waals surface area contributed by atoms with Crippen LogP contribution in [0.4, 0.5) is 5.69 Å². The van der Waals surface area contributed by atoms with E-state index in [2.05, 4.69) is 20.4 Å². The van der Waals surface area contributed by atoms with Crippen LogP contribution < -0.4 is 11.1 Å². The molecule has 0 radical (unpaired) electrons. The number of nitrogens with one attached hydrogen (secondary N) is 1. The highest BCUT2D eigenvalue weighted by Gasteiger charge is 2.16. The Hall–Kier alpha value is -3.42. The smallest absolute Gasteiger partial charge is 0.241 e. The van der Waals surface area contributed by atoms with Gasteiger partial charge in [0.2, 0.25) is 5.91 Å². The van der Waals surface area contributed by atoms with E-state index >= 15 is 0 Å². The monoisotopic (exact) mass is 352 g/mol. The predicted molar refractivity (Wildman–Crippen MR) is 99.5 cm³/mol. The zero-order chi connectivity index (χ0) is 18.5. The zero-order valence-electron chi connectivity index (χ0n) is 14.4. The molecule has 1 aliphatic rings. The molecule has 26 heavy (non-hydrogen) atoms. The third-order valence-electron chi connectivity index (χ3n) is 3.79. The number of hydrogen-bond acceptors (Lipinski definition) is 7. The van der Waals surface area contributed by atoms with Crippen molar-refractivity contribution in [3.05, 3.63) is 48.3 Å². The number of benzene rings is 1. The van der Waals surface area contributed by atoms with Gasteiger partial charge in [0.25, 0.3) is 0 Å². The summed E-state index contributed by atoms with van der Waals surface area (Å²) in [5.41, 5.74) is 8.21. The summed E-state index contributed by atoms with van der Waals surface area (Å²) < 4.78 is 0. The molecule has 1 aromatic heterocycles. The number of carbonyl (C=O) groups is 1. The highest BCUT2D eigenvalue weighted by molar-refractivity contribution is 6.07. The molecule has 0 unspecified atom stereocenters. The van der Waals surface area contributed by atoms with Crippen LogP contribution in [-0.2, 0) is 4.79 Å². The fourth-order valence-corrected chi connectivity index (χ4v) is 2.56. The van der Waals surface area contributed by atoms with E-state index in [1.165, 1.54) is 12.1 Å². The molecule has 0 saturated carbocycles. The van der Waals surface area contributed by atoms with Crippen LogP contribution in [0.3, 0.4) is 0 Å². The first-order valence-electron chi connectivity index (χ1n) is 8.22. The first kappa shape index (κ1) is 17.4. The van der Waals surface area contributed by atoms with Crippen LogP contribution in [0.25, 0.3) is 11.4 Å². The van der Waals surface area contributed by atoms with Gasteiger partial charge in [-0.15, -0.1) is 0 Å².